The van der Waals surface area contributed by atoms with Gasteiger partial charge in [0.25, 0.3) is 0 Å². The molecule has 5 nitrogen and oxygen atoms in total. The number of aryl methyl sites for hydroxylation is 2. The van der Waals surface area contributed by atoms with Crippen molar-refractivity contribution in [2.75, 3.05) is 5.73 Å². The maximum Gasteiger partial charge on any atom is 0.167 e. The van der Waals surface area contributed by atoms with Gasteiger partial charge < -0.3 is 5.73 Å². The number of aromatic nitrogens is 2. The van der Waals surface area contributed by atoms with Crippen molar-refractivity contribution < 1.29 is 4.79 Å². The van der Waals surface area contributed by atoms with Crippen molar-refractivity contribution in [2.45, 2.75) is 39.5 Å². The fourth-order valence-electron chi connectivity index (χ4n) is 4.77. The summed E-state index contributed by atoms with van der Waals surface area (Å²) >= 11 is 0. The van der Waals surface area contributed by atoms with Crippen molar-refractivity contribution in [3.05, 3.63) is 52.2 Å². The summed E-state index contributed by atoms with van der Waals surface area (Å²) in [4.78, 5) is 13.0. The second-order valence-corrected chi connectivity index (χ2v) is 8.41. The molecule has 5 heteroatoms. The lowest BCUT2D eigenvalue weighted by molar-refractivity contribution is 0.0913. The number of nitriles is 1. The number of pyridine rings is 1. The van der Waals surface area contributed by atoms with Crippen LogP contribution in [0.2, 0.25) is 0 Å². The Bertz CT molecular complexity index is 1190. The predicted octanol–water partition coefficient (Wildman–Crippen LogP) is 3.71. The van der Waals surface area contributed by atoms with Gasteiger partial charge in [0.2, 0.25) is 0 Å². The van der Waals surface area contributed by atoms with Gasteiger partial charge in [0.15, 0.2) is 5.78 Å². The van der Waals surface area contributed by atoms with Gasteiger partial charge in [-0.1, -0.05) is 38.1 Å². The third kappa shape index (κ3) is 2.10. The predicted molar refractivity (Wildman–Crippen MR) is 104 cm³/mol. The first-order valence-electron chi connectivity index (χ1n) is 9.29. The largest absolute Gasteiger partial charge is 0.383 e. The SMILES string of the molecule is CC1(C)CC(=O)c2c(nn3c(N)c(C#N)c4c(c23)CCc2ccccc2-4)C1. The van der Waals surface area contributed by atoms with Crippen molar-refractivity contribution >= 4 is 17.1 Å². The number of anilines is 1. The minimum atomic E-state index is -0.110. The first-order valence-corrected chi connectivity index (χ1v) is 9.29. The normalized spacial score (nSPS) is 17.1. The van der Waals surface area contributed by atoms with Crippen LogP contribution in [0.4, 0.5) is 5.82 Å². The number of hydrogen-bond donors (Lipinski definition) is 1. The number of fused-ring (bicyclic) bond motifs is 7. The Balaban J connectivity index is 1.94. The van der Waals surface area contributed by atoms with Crippen molar-refractivity contribution in [2.24, 2.45) is 5.41 Å². The molecule has 0 amide bonds. The Kier molecular flexibility index (Phi) is 3.09. The van der Waals surface area contributed by atoms with Crippen molar-refractivity contribution in [3.8, 4) is 17.2 Å². The number of nitrogens with zero attached hydrogens (tertiary/aromatic N) is 3. The monoisotopic (exact) mass is 356 g/mol. The summed E-state index contributed by atoms with van der Waals surface area (Å²) in [6.45, 7) is 4.18. The summed E-state index contributed by atoms with van der Waals surface area (Å²) in [5, 5.41) is 14.6. The van der Waals surface area contributed by atoms with Crippen molar-refractivity contribution in [1.82, 2.24) is 9.61 Å². The molecular formula is C22H20N4O. The van der Waals surface area contributed by atoms with Crippen molar-refractivity contribution in [3.63, 3.8) is 0 Å². The molecule has 2 N–H and O–H groups in total. The summed E-state index contributed by atoms with van der Waals surface area (Å²) in [5.74, 6) is 0.448. The lowest BCUT2D eigenvalue weighted by atomic mass is 9.75. The van der Waals surface area contributed by atoms with E-state index in [4.69, 9.17) is 10.8 Å². The van der Waals surface area contributed by atoms with Crippen LogP contribution < -0.4 is 5.73 Å². The average Bonchev–Trinajstić information content (AvgIpc) is 3.00. The first kappa shape index (κ1) is 16.1. The molecule has 2 aromatic heterocycles. The molecule has 0 spiro atoms. The number of Topliss-reactive ketones (excluding diaryl/α,β-unsaturated/α-hetero) is 1. The Morgan fingerprint density at radius 2 is 1.96 bits per heavy atom. The molecule has 3 aromatic rings. The van der Waals surface area contributed by atoms with E-state index in [1.54, 1.807) is 4.52 Å². The van der Waals surface area contributed by atoms with Crippen LogP contribution >= 0.6 is 0 Å². The molecule has 134 valence electrons. The standard InChI is InChI=1S/C22H20N4O/c1-22(2)9-16-19(17(27)10-22)20-14-8-7-12-5-3-4-6-13(12)18(14)15(11-23)21(24)26(20)25-16/h3-6H,7-10,24H2,1-2H3. The number of ketones is 1. The Morgan fingerprint density at radius 3 is 2.74 bits per heavy atom. The molecular weight excluding hydrogens is 336 g/mol. The lowest BCUT2D eigenvalue weighted by Crippen LogP contribution is -2.26. The molecule has 2 heterocycles. The number of carbonyl (C=O) groups excluding carboxylic acids is 1. The zero-order chi connectivity index (χ0) is 18.9. The molecule has 0 saturated carbocycles. The number of nitrogen functional groups attached to an aromatic ring is 1. The number of nitrogens with two attached hydrogens (primary N) is 1. The highest BCUT2D eigenvalue weighted by Crippen LogP contribution is 2.44. The quantitative estimate of drug-likeness (QED) is 0.665. The van der Waals surface area contributed by atoms with Crippen LogP contribution in [0.25, 0.3) is 16.6 Å². The van der Waals surface area contributed by atoms with Crippen LogP contribution in [0.5, 0.6) is 0 Å². The van der Waals surface area contributed by atoms with E-state index < -0.39 is 0 Å². The Hall–Kier alpha value is -3.13. The minimum absolute atomic E-state index is 0.110. The molecule has 1 aromatic carbocycles. The molecule has 0 aliphatic heterocycles. The zero-order valence-corrected chi connectivity index (χ0v) is 15.5. The van der Waals surface area contributed by atoms with Crippen LogP contribution in [0.1, 0.15) is 53.0 Å². The molecule has 0 saturated heterocycles. The molecule has 0 bridgehead atoms. The number of carbonyl (C=O) groups is 1. The Labute approximate surface area is 157 Å². The average molecular weight is 356 g/mol. The third-order valence-electron chi connectivity index (χ3n) is 5.89. The van der Waals surface area contributed by atoms with Gasteiger partial charge in [0.1, 0.15) is 17.5 Å². The molecule has 0 unspecified atom stereocenters. The van der Waals surface area contributed by atoms with E-state index in [9.17, 15) is 10.1 Å². The highest BCUT2D eigenvalue weighted by atomic mass is 16.1. The fraction of sp³-hybridized carbons (Fsp3) is 0.318. The van der Waals surface area contributed by atoms with E-state index in [0.29, 0.717) is 23.4 Å². The van der Waals surface area contributed by atoms with Gasteiger partial charge in [-0.3, -0.25) is 4.79 Å². The zero-order valence-electron chi connectivity index (χ0n) is 15.5. The molecule has 5 rings (SSSR count). The fourth-order valence-corrected chi connectivity index (χ4v) is 4.77. The second kappa shape index (κ2) is 5.20. The van der Waals surface area contributed by atoms with Gasteiger partial charge in [0.05, 0.1) is 16.8 Å². The van der Waals surface area contributed by atoms with Crippen LogP contribution in [0.15, 0.2) is 24.3 Å². The maximum atomic E-state index is 13.0. The summed E-state index contributed by atoms with van der Waals surface area (Å²) in [6.07, 6.45) is 2.90. The van der Waals surface area contributed by atoms with E-state index in [2.05, 4.69) is 26.0 Å². The topological polar surface area (TPSA) is 84.2 Å². The van der Waals surface area contributed by atoms with E-state index in [0.717, 1.165) is 47.2 Å². The van der Waals surface area contributed by atoms with Gasteiger partial charge in [-0.2, -0.15) is 10.4 Å². The highest BCUT2D eigenvalue weighted by Gasteiger charge is 2.37. The van der Waals surface area contributed by atoms with Crippen LogP contribution in [0.3, 0.4) is 0 Å². The molecule has 2 aliphatic rings. The summed E-state index contributed by atoms with van der Waals surface area (Å²) < 4.78 is 1.65. The molecule has 0 radical (unpaired) electrons. The van der Waals surface area contributed by atoms with Crippen LogP contribution in [-0.2, 0) is 19.3 Å². The van der Waals surface area contributed by atoms with Gasteiger partial charge in [-0.15, -0.1) is 0 Å². The molecule has 27 heavy (non-hydrogen) atoms. The summed E-state index contributed by atoms with van der Waals surface area (Å²) in [5.41, 5.74) is 13.2. The van der Waals surface area contributed by atoms with Gasteiger partial charge in [0, 0.05) is 12.0 Å². The van der Waals surface area contributed by atoms with Gasteiger partial charge >= 0.3 is 0 Å². The van der Waals surface area contributed by atoms with Gasteiger partial charge in [-0.05, 0) is 41.4 Å². The smallest absolute Gasteiger partial charge is 0.167 e. The van der Waals surface area contributed by atoms with Crippen LogP contribution in [0, 0.1) is 16.7 Å². The number of hydrogen-bond acceptors (Lipinski definition) is 4. The van der Waals surface area contributed by atoms with E-state index in [1.165, 1.54) is 5.56 Å². The summed E-state index contributed by atoms with van der Waals surface area (Å²) in [6, 6.07) is 10.4. The number of benzene rings is 1. The van der Waals surface area contributed by atoms with Crippen molar-refractivity contribution in [1.29, 1.82) is 5.26 Å². The maximum absolute atomic E-state index is 13.0. The Morgan fingerprint density at radius 1 is 1.19 bits per heavy atom. The van der Waals surface area contributed by atoms with Gasteiger partial charge in [-0.25, -0.2) is 4.52 Å². The van der Waals surface area contributed by atoms with Crippen LogP contribution in [-0.4, -0.2) is 15.4 Å². The number of rotatable bonds is 0. The minimum Gasteiger partial charge on any atom is -0.383 e. The lowest BCUT2D eigenvalue weighted by Gasteiger charge is -2.28. The highest BCUT2D eigenvalue weighted by molar-refractivity contribution is 6.07. The summed E-state index contributed by atoms with van der Waals surface area (Å²) in [7, 11) is 0. The molecule has 2 aliphatic carbocycles. The molecule has 0 fully saturated rings. The molecule has 0 atom stereocenters. The second-order valence-electron chi connectivity index (χ2n) is 8.41. The first-order chi connectivity index (χ1) is 12.9. The van der Waals surface area contributed by atoms with E-state index in [1.807, 2.05) is 18.2 Å². The van der Waals surface area contributed by atoms with E-state index >= 15 is 0 Å². The third-order valence-corrected chi connectivity index (χ3v) is 5.89. The van der Waals surface area contributed by atoms with E-state index in [-0.39, 0.29) is 11.2 Å².